The quantitative estimate of drug-likeness (QED) is 0.690. The number of cyclic esters (lactones) is 1. The minimum atomic E-state index is -0.0673. The number of fused-ring (bicyclic) bond motifs is 1. The normalized spacial score (nSPS) is 30.6. The molecule has 2 fully saturated rings. The molecule has 2 atom stereocenters. The van der Waals surface area contributed by atoms with Crippen molar-refractivity contribution in [2.24, 2.45) is 0 Å². The van der Waals surface area contributed by atoms with Gasteiger partial charge < -0.3 is 9.64 Å². The van der Waals surface area contributed by atoms with Gasteiger partial charge in [0.2, 0.25) is 0 Å². The van der Waals surface area contributed by atoms with E-state index in [0.717, 1.165) is 40.5 Å². The SMILES string of the molecule is CC(C)[Si]CC1CC2CCCN2C(=O)O1. The molecular weight excluding hydrogens is 206 g/mol. The third-order valence-electron chi connectivity index (χ3n) is 3.17. The number of carbonyl (C=O) groups excluding carboxylic acids is 1. The Hall–Kier alpha value is -0.513. The van der Waals surface area contributed by atoms with Crippen LogP contribution >= 0.6 is 0 Å². The predicted octanol–water partition coefficient (Wildman–Crippen LogP) is 2.31. The number of rotatable bonds is 3. The van der Waals surface area contributed by atoms with Crippen LogP contribution in [0.2, 0.25) is 11.6 Å². The molecule has 84 valence electrons. The lowest BCUT2D eigenvalue weighted by atomic mass is 10.1. The van der Waals surface area contributed by atoms with Gasteiger partial charge in [-0.15, -0.1) is 0 Å². The first kappa shape index (κ1) is 11.0. The first-order chi connectivity index (χ1) is 7.16. The van der Waals surface area contributed by atoms with Crippen LogP contribution in [0.25, 0.3) is 0 Å². The lowest BCUT2D eigenvalue weighted by Gasteiger charge is -2.34. The Morgan fingerprint density at radius 3 is 3.13 bits per heavy atom. The fourth-order valence-corrected chi connectivity index (χ4v) is 3.36. The average molecular weight is 225 g/mol. The summed E-state index contributed by atoms with van der Waals surface area (Å²) in [4.78, 5) is 13.5. The molecule has 2 heterocycles. The number of hydrogen-bond donors (Lipinski definition) is 0. The van der Waals surface area contributed by atoms with Crippen LogP contribution in [0.3, 0.4) is 0 Å². The summed E-state index contributed by atoms with van der Waals surface area (Å²) in [6.07, 6.45) is 3.51. The summed E-state index contributed by atoms with van der Waals surface area (Å²) >= 11 is 0. The van der Waals surface area contributed by atoms with E-state index in [2.05, 4.69) is 13.8 Å². The van der Waals surface area contributed by atoms with Crippen LogP contribution in [0, 0.1) is 0 Å². The van der Waals surface area contributed by atoms with Crippen molar-refractivity contribution >= 4 is 15.6 Å². The lowest BCUT2D eigenvalue weighted by Crippen LogP contribution is -2.45. The van der Waals surface area contributed by atoms with Gasteiger partial charge in [0.25, 0.3) is 0 Å². The van der Waals surface area contributed by atoms with E-state index >= 15 is 0 Å². The van der Waals surface area contributed by atoms with Crippen molar-refractivity contribution in [1.29, 1.82) is 0 Å². The van der Waals surface area contributed by atoms with E-state index in [0.29, 0.717) is 6.04 Å². The fourth-order valence-electron chi connectivity index (χ4n) is 2.38. The molecule has 0 aromatic carbocycles. The minimum absolute atomic E-state index is 0.0673. The van der Waals surface area contributed by atoms with Gasteiger partial charge in [-0.2, -0.15) is 0 Å². The highest BCUT2D eigenvalue weighted by atomic mass is 28.2. The van der Waals surface area contributed by atoms with Crippen LogP contribution in [-0.2, 0) is 4.74 Å². The van der Waals surface area contributed by atoms with Crippen molar-refractivity contribution in [2.75, 3.05) is 6.54 Å². The van der Waals surface area contributed by atoms with Crippen molar-refractivity contribution in [3.8, 4) is 0 Å². The molecule has 2 radical (unpaired) electrons. The zero-order valence-corrected chi connectivity index (χ0v) is 10.5. The van der Waals surface area contributed by atoms with Crippen LogP contribution < -0.4 is 0 Å². The number of hydrogen-bond acceptors (Lipinski definition) is 2. The second-order valence-corrected chi connectivity index (χ2v) is 6.77. The number of amides is 1. The Morgan fingerprint density at radius 1 is 1.60 bits per heavy atom. The number of nitrogens with zero attached hydrogens (tertiary/aromatic N) is 1. The third kappa shape index (κ3) is 2.54. The Labute approximate surface area is 94.0 Å². The van der Waals surface area contributed by atoms with Crippen molar-refractivity contribution in [3.63, 3.8) is 0 Å². The maximum Gasteiger partial charge on any atom is 0.410 e. The van der Waals surface area contributed by atoms with Crippen molar-refractivity contribution in [3.05, 3.63) is 0 Å². The van der Waals surface area contributed by atoms with E-state index in [4.69, 9.17) is 4.74 Å². The Balaban J connectivity index is 1.86. The summed E-state index contributed by atoms with van der Waals surface area (Å²) < 4.78 is 5.44. The highest BCUT2D eigenvalue weighted by molar-refractivity contribution is 6.37. The molecule has 0 aromatic heterocycles. The van der Waals surface area contributed by atoms with Gasteiger partial charge >= 0.3 is 6.09 Å². The molecular formula is C11H19NO2Si. The number of ether oxygens (including phenoxy) is 1. The van der Waals surface area contributed by atoms with E-state index in [-0.39, 0.29) is 12.2 Å². The second-order valence-electron chi connectivity index (χ2n) is 4.79. The molecule has 0 aliphatic carbocycles. The van der Waals surface area contributed by atoms with E-state index in [9.17, 15) is 4.79 Å². The molecule has 3 nitrogen and oxygen atoms in total. The minimum Gasteiger partial charge on any atom is -0.446 e. The summed E-state index contributed by atoms with van der Waals surface area (Å²) in [7, 11) is 0.917. The van der Waals surface area contributed by atoms with E-state index in [1.165, 1.54) is 6.42 Å². The highest BCUT2D eigenvalue weighted by Crippen LogP contribution is 2.29. The van der Waals surface area contributed by atoms with Crippen LogP contribution in [0.1, 0.15) is 33.1 Å². The Bertz CT molecular complexity index is 245. The summed E-state index contributed by atoms with van der Waals surface area (Å²) in [5.74, 6) is 0. The Morgan fingerprint density at radius 2 is 2.40 bits per heavy atom. The van der Waals surface area contributed by atoms with Gasteiger partial charge in [0.05, 0.1) is 0 Å². The van der Waals surface area contributed by atoms with Gasteiger partial charge in [-0.25, -0.2) is 4.79 Å². The summed E-state index contributed by atoms with van der Waals surface area (Å²) in [6, 6.07) is 1.54. The van der Waals surface area contributed by atoms with Crippen LogP contribution in [0.5, 0.6) is 0 Å². The summed E-state index contributed by atoms with van der Waals surface area (Å²) in [5, 5.41) is 0. The molecule has 0 saturated carbocycles. The number of carbonyl (C=O) groups is 1. The highest BCUT2D eigenvalue weighted by Gasteiger charge is 2.37. The smallest absolute Gasteiger partial charge is 0.410 e. The Kier molecular flexibility index (Phi) is 3.34. The van der Waals surface area contributed by atoms with Crippen LogP contribution in [0.15, 0.2) is 0 Å². The molecule has 2 aliphatic heterocycles. The molecule has 0 N–H and O–H groups in total. The monoisotopic (exact) mass is 225 g/mol. The summed E-state index contributed by atoms with van der Waals surface area (Å²) in [5.41, 5.74) is 0.727. The molecule has 15 heavy (non-hydrogen) atoms. The zero-order valence-electron chi connectivity index (χ0n) is 9.53. The lowest BCUT2D eigenvalue weighted by molar-refractivity contribution is 0.0200. The van der Waals surface area contributed by atoms with Crippen molar-refractivity contribution in [1.82, 2.24) is 4.90 Å². The van der Waals surface area contributed by atoms with Gasteiger partial charge in [-0.3, -0.25) is 0 Å². The molecule has 2 rings (SSSR count). The molecule has 2 saturated heterocycles. The van der Waals surface area contributed by atoms with Crippen LogP contribution in [0.4, 0.5) is 4.79 Å². The van der Waals surface area contributed by atoms with Gasteiger partial charge in [-0.1, -0.05) is 19.4 Å². The topological polar surface area (TPSA) is 29.5 Å². The molecule has 0 aromatic rings. The fraction of sp³-hybridized carbons (Fsp3) is 0.909. The molecule has 0 spiro atoms. The molecule has 2 unspecified atom stereocenters. The maximum absolute atomic E-state index is 11.6. The second kappa shape index (κ2) is 4.55. The van der Waals surface area contributed by atoms with Gasteiger partial charge in [-0.05, 0) is 18.9 Å². The maximum atomic E-state index is 11.6. The van der Waals surface area contributed by atoms with Crippen molar-refractivity contribution in [2.45, 2.75) is 56.8 Å². The van der Waals surface area contributed by atoms with Gasteiger partial charge in [0.1, 0.15) is 6.10 Å². The first-order valence-electron chi connectivity index (χ1n) is 5.87. The van der Waals surface area contributed by atoms with E-state index in [1.807, 2.05) is 4.90 Å². The molecule has 1 amide bonds. The average Bonchev–Trinajstić information content (AvgIpc) is 2.63. The van der Waals surface area contributed by atoms with Crippen molar-refractivity contribution < 1.29 is 9.53 Å². The van der Waals surface area contributed by atoms with E-state index in [1.54, 1.807) is 0 Å². The molecule has 4 heteroatoms. The molecule has 2 aliphatic rings. The van der Waals surface area contributed by atoms with E-state index < -0.39 is 0 Å². The standard InChI is InChI=1S/C11H19NO2Si/c1-8(2)15-7-10-6-9-4-3-5-12(9)11(13)14-10/h8-10H,3-7H2,1-2H3. The predicted molar refractivity (Wildman–Crippen MR) is 60.3 cm³/mol. The largest absolute Gasteiger partial charge is 0.446 e. The summed E-state index contributed by atoms with van der Waals surface area (Å²) in [6.45, 7) is 5.36. The van der Waals surface area contributed by atoms with Gasteiger partial charge in [0, 0.05) is 28.5 Å². The zero-order chi connectivity index (χ0) is 10.8. The van der Waals surface area contributed by atoms with Gasteiger partial charge in [0.15, 0.2) is 0 Å². The van der Waals surface area contributed by atoms with Crippen LogP contribution in [-0.4, -0.2) is 39.2 Å². The first-order valence-corrected chi connectivity index (χ1v) is 7.16. The molecule has 0 bridgehead atoms. The third-order valence-corrected chi connectivity index (χ3v) is 4.68.